The highest BCUT2D eigenvalue weighted by Gasteiger charge is 2.25. The van der Waals surface area contributed by atoms with Crippen LogP contribution in [0.25, 0.3) is 17.2 Å². The van der Waals surface area contributed by atoms with Crippen LogP contribution in [0.1, 0.15) is 43.4 Å². The maximum Gasteiger partial charge on any atom is 0.280 e. The van der Waals surface area contributed by atoms with E-state index in [9.17, 15) is 13.6 Å². The zero-order valence-corrected chi connectivity index (χ0v) is 16.7. The van der Waals surface area contributed by atoms with Crippen LogP contribution in [0.2, 0.25) is 0 Å². The van der Waals surface area contributed by atoms with Crippen molar-refractivity contribution in [3.8, 4) is 11.1 Å². The second-order valence-corrected chi connectivity index (χ2v) is 7.76. The second-order valence-electron chi connectivity index (χ2n) is 7.76. The van der Waals surface area contributed by atoms with Crippen LogP contribution in [0, 0.1) is 19.7 Å². The van der Waals surface area contributed by atoms with Crippen LogP contribution in [-0.2, 0) is 4.79 Å². The summed E-state index contributed by atoms with van der Waals surface area (Å²) in [5, 5.41) is 5.82. The van der Waals surface area contributed by atoms with E-state index in [1.807, 2.05) is 39.8 Å². The highest BCUT2D eigenvalue weighted by molar-refractivity contribution is 5.96. The Balaban J connectivity index is 1.88. The number of rotatable bonds is 6. The van der Waals surface area contributed by atoms with Crippen molar-refractivity contribution >= 4 is 17.7 Å². The van der Waals surface area contributed by atoms with Crippen LogP contribution >= 0.6 is 0 Å². The highest BCUT2D eigenvalue weighted by Crippen LogP contribution is 2.31. The molecule has 1 fully saturated rings. The largest absolute Gasteiger partial charge is 0.383 e. The van der Waals surface area contributed by atoms with Gasteiger partial charge in [-0.3, -0.25) is 4.79 Å². The first-order valence-electron chi connectivity index (χ1n) is 9.60. The summed E-state index contributed by atoms with van der Waals surface area (Å²) in [6, 6.07) is 9.03. The van der Waals surface area contributed by atoms with E-state index in [1.54, 1.807) is 12.1 Å². The van der Waals surface area contributed by atoms with E-state index in [0.717, 1.165) is 35.2 Å². The molecule has 0 spiro atoms. The van der Waals surface area contributed by atoms with Crippen molar-refractivity contribution in [1.29, 1.82) is 0 Å². The van der Waals surface area contributed by atoms with E-state index in [-0.39, 0.29) is 17.9 Å². The Kier molecular flexibility index (Phi) is 5.82. The molecule has 0 unspecified atom stereocenters. The number of carbonyl (C=O) groups is 1. The number of halogens is 2. The Labute approximate surface area is 164 Å². The van der Waals surface area contributed by atoms with Crippen LogP contribution in [0.4, 0.5) is 14.5 Å². The molecule has 1 aliphatic rings. The molecule has 5 heteroatoms. The smallest absolute Gasteiger partial charge is 0.280 e. The molecule has 0 heterocycles. The van der Waals surface area contributed by atoms with Crippen molar-refractivity contribution in [2.24, 2.45) is 0 Å². The van der Waals surface area contributed by atoms with Gasteiger partial charge in [0.2, 0.25) is 0 Å². The third-order valence-electron chi connectivity index (χ3n) is 4.74. The van der Waals surface area contributed by atoms with Gasteiger partial charge in [-0.15, -0.1) is 0 Å². The number of hydrogen-bond donors (Lipinski definition) is 2. The zero-order valence-electron chi connectivity index (χ0n) is 16.7. The predicted molar refractivity (Wildman–Crippen MR) is 110 cm³/mol. The first-order valence-corrected chi connectivity index (χ1v) is 9.60. The molecule has 2 aromatic carbocycles. The molecule has 3 nitrogen and oxygen atoms in total. The fourth-order valence-corrected chi connectivity index (χ4v) is 3.12. The van der Waals surface area contributed by atoms with Gasteiger partial charge in [-0.05, 0) is 87.1 Å². The van der Waals surface area contributed by atoms with Crippen LogP contribution in [0.15, 0.2) is 36.2 Å². The van der Waals surface area contributed by atoms with E-state index < -0.39 is 11.7 Å². The van der Waals surface area contributed by atoms with Crippen molar-refractivity contribution in [1.82, 2.24) is 5.32 Å². The Morgan fingerprint density at radius 2 is 1.82 bits per heavy atom. The van der Waals surface area contributed by atoms with Crippen molar-refractivity contribution in [2.75, 3.05) is 5.32 Å². The minimum atomic E-state index is -0.808. The van der Waals surface area contributed by atoms with Crippen LogP contribution in [0.3, 0.4) is 0 Å². The van der Waals surface area contributed by atoms with Gasteiger partial charge >= 0.3 is 0 Å². The Bertz CT molecular complexity index is 930. The summed E-state index contributed by atoms with van der Waals surface area (Å²) in [7, 11) is 0. The first-order chi connectivity index (χ1) is 13.2. The predicted octanol–water partition coefficient (Wildman–Crippen LogP) is 5.52. The SMILES string of the molecule is Cc1cc(-c2ccc(NC(C)C)cc2F)c(C)cc1C=C(F)C(=O)NC1CC1. The number of benzene rings is 2. The van der Waals surface area contributed by atoms with Crippen molar-refractivity contribution in [2.45, 2.75) is 52.6 Å². The van der Waals surface area contributed by atoms with Gasteiger partial charge in [0.05, 0.1) is 0 Å². The fraction of sp³-hybridized carbons (Fsp3) is 0.348. The topological polar surface area (TPSA) is 41.1 Å². The molecule has 0 aliphatic heterocycles. The molecular weight excluding hydrogens is 358 g/mol. The van der Waals surface area contributed by atoms with Gasteiger partial charge in [0, 0.05) is 23.3 Å². The summed E-state index contributed by atoms with van der Waals surface area (Å²) in [6.45, 7) is 7.67. The molecule has 2 N–H and O–H groups in total. The minimum Gasteiger partial charge on any atom is -0.383 e. The van der Waals surface area contributed by atoms with E-state index in [2.05, 4.69) is 10.6 Å². The molecule has 0 saturated heterocycles. The average Bonchev–Trinajstić information content (AvgIpc) is 3.41. The lowest BCUT2D eigenvalue weighted by atomic mass is 9.94. The maximum atomic E-state index is 14.7. The number of anilines is 1. The summed E-state index contributed by atoms with van der Waals surface area (Å²) < 4.78 is 28.9. The molecule has 0 aromatic heterocycles. The summed E-state index contributed by atoms with van der Waals surface area (Å²) in [6.07, 6.45) is 3.06. The summed E-state index contributed by atoms with van der Waals surface area (Å²) in [4.78, 5) is 11.8. The fourth-order valence-electron chi connectivity index (χ4n) is 3.12. The minimum absolute atomic E-state index is 0.105. The van der Waals surface area contributed by atoms with Gasteiger partial charge in [0.25, 0.3) is 5.91 Å². The lowest BCUT2D eigenvalue weighted by molar-refractivity contribution is -0.118. The van der Waals surface area contributed by atoms with Gasteiger partial charge in [-0.2, -0.15) is 0 Å². The standard InChI is InChI=1S/C23H26F2N2O/c1-13(2)26-18-7-8-19(21(24)12-18)20-10-14(3)16(9-15(20)4)11-22(25)23(28)27-17-5-6-17/h7-13,17,26H,5-6H2,1-4H3,(H,27,28). The molecule has 2 aromatic rings. The normalized spacial score (nSPS) is 14.3. The Morgan fingerprint density at radius 3 is 2.43 bits per heavy atom. The van der Waals surface area contributed by atoms with Crippen LogP contribution in [0.5, 0.6) is 0 Å². The maximum absolute atomic E-state index is 14.7. The number of hydrogen-bond acceptors (Lipinski definition) is 2. The summed E-state index contributed by atoms with van der Waals surface area (Å²) >= 11 is 0. The van der Waals surface area contributed by atoms with E-state index in [4.69, 9.17) is 0 Å². The monoisotopic (exact) mass is 384 g/mol. The molecule has 148 valence electrons. The third kappa shape index (κ3) is 4.77. The van der Waals surface area contributed by atoms with Crippen molar-refractivity contribution < 1.29 is 13.6 Å². The van der Waals surface area contributed by atoms with Gasteiger partial charge in [-0.25, -0.2) is 8.78 Å². The van der Waals surface area contributed by atoms with Gasteiger partial charge in [-0.1, -0.05) is 12.1 Å². The summed E-state index contributed by atoms with van der Waals surface area (Å²) in [5.41, 5.74) is 4.19. The van der Waals surface area contributed by atoms with Crippen LogP contribution < -0.4 is 10.6 Å². The van der Waals surface area contributed by atoms with Crippen molar-refractivity contribution in [3.63, 3.8) is 0 Å². The van der Waals surface area contributed by atoms with Crippen LogP contribution in [-0.4, -0.2) is 18.0 Å². The highest BCUT2D eigenvalue weighted by atomic mass is 19.1. The van der Waals surface area contributed by atoms with Gasteiger partial charge in [0.15, 0.2) is 5.83 Å². The second kappa shape index (κ2) is 8.13. The average molecular weight is 384 g/mol. The molecule has 0 radical (unpaired) electrons. The molecule has 1 aliphatic carbocycles. The number of amides is 1. The van der Waals surface area contributed by atoms with E-state index >= 15 is 0 Å². The molecular formula is C23H26F2N2O. The Morgan fingerprint density at radius 1 is 1.11 bits per heavy atom. The van der Waals surface area contributed by atoms with Crippen molar-refractivity contribution in [3.05, 3.63) is 58.7 Å². The molecule has 28 heavy (non-hydrogen) atoms. The van der Waals surface area contributed by atoms with E-state index in [1.165, 1.54) is 12.1 Å². The first kappa shape index (κ1) is 20.1. The number of carbonyl (C=O) groups excluding carboxylic acids is 1. The molecule has 1 amide bonds. The number of nitrogens with one attached hydrogen (secondary N) is 2. The molecule has 0 bridgehead atoms. The molecule has 0 atom stereocenters. The van der Waals surface area contributed by atoms with Gasteiger partial charge in [0.1, 0.15) is 5.82 Å². The van der Waals surface area contributed by atoms with Gasteiger partial charge < -0.3 is 10.6 Å². The summed E-state index contributed by atoms with van der Waals surface area (Å²) in [5.74, 6) is -1.80. The molecule has 3 rings (SSSR count). The zero-order chi connectivity index (χ0) is 20.4. The quantitative estimate of drug-likeness (QED) is 0.644. The Hall–Kier alpha value is -2.69. The third-order valence-corrected chi connectivity index (χ3v) is 4.74. The lowest BCUT2D eigenvalue weighted by Crippen LogP contribution is -2.25. The lowest BCUT2D eigenvalue weighted by Gasteiger charge is -2.14. The number of aryl methyl sites for hydroxylation is 2. The van der Waals surface area contributed by atoms with E-state index in [0.29, 0.717) is 11.1 Å². The molecule has 1 saturated carbocycles.